The van der Waals surface area contributed by atoms with Gasteiger partial charge in [-0.3, -0.25) is 19.4 Å². The summed E-state index contributed by atoms with van der Waals surface area (Å²) in [7, 11) is 4.13. The molecule has 1 unspecified atom stereocenters. The van der Waals surface area contributed by atoms with Crippen molar-refractivity contribution in [2.75, 3.05) is 39.7 Å². The third-order valence-electron chi connectivity index (χ3n) is 9.32. The zero-order valence-electron chi connectivity index (χ0n) is 28.1. The maximum absolute atomic E-state index is 14.3. The van der Waals surface area contributed by atoms with Gasteiger partial charge in [0.25, 0.3) is 0 Å². The van der Waals surface area contributed by atoms with E-state index in [0.717, 1.165) is 11.1 Å². The Labute approximate surface area is 303 Å². The molecular formula is C37H35Cl2N3O9. The zero-order chi connectivity index (χ0) is 36.6. The van der Waals surface area contributed by atoms with Crippen LogP contribution in [-0.2, 0) is 9.59 Å². The largest absolute Gasteiger partial charge is 0.507 e. The molecule has 4 aromatic rings. The molecule has 6 rings (SSSR count). The van der Waals surface area contributed by atoms with E-state index in [2.05, 4.69) is 15.6 Å². The van der Waals surface area contributed by atoms with Crippen LogP contribution in [0.2, 0.25) is 10.0 Å². The summed E-state index contributed by atoms with van der Waals surface area (Å²) in [6, 6.07) is 13.0. The van der Waals surface area contributed by atoms with E-state index in [4.69, 9.17) is 42.1 Å². The van der Waals surface area contributed by atoms with Crippen LogP contribution in [0.5, 0.6) is 28.7 Å². The highest BCUT2D eigenvalue weighted by Crippen LogP contribution is 2.56. The Kier molecular flexibility index (Phi) is 9.92. The lowest BCUT2D eigenvalue weighted by molar-refractivity contribution is -0.121. The molecule has 0 saturated carbocycles. The Morgan fingerprint density at radius 2 is 1.75 bits per heavy atom. The number of aliphatic hydroxyl groups excluding tert-OH is 1. The number of benzene rings is 3. The number of phenolic OH excluding ortho intramolecular Hbond substituents is 1. The SMILES string of the molecule is COc1cc(C(CC(=O)NCCNc2ccnc3cc(Cl)ccc23)C2=C(O)[C@@]3(Oc4c(Cl)c(OC)cc(OC)c4C3=O)[C@H](C)CC2=O)ccc1O. The number of fused-ring (bicyclic) bond motifs is 2. The fraction of sp³-hybridized carbons (Fsp3) is 0.297. The number of carbonyl (C=O) groups is 3. The van der Waals surface area contributed by atoms with Gasteiger partial charge in [0.05, 0.1) is 26.8 Å². The molecule has 0 bridgehead atoms. The van der Waals surface area contributed by atoms with Gasteiger partial charge in [-0.2, -0.15) is 0 Å². The van der Waals surface area contributed by atoms with Crippen LogP contribution in [0.15, 0.2) is 66.1 Å². The number of halogens is 2. The molecule has 0 saturated heterocycles. The Balaban J connectivity index is 1.33. The molecule has 14 heteroatoms. The fourth-order valence-electron chi connectivity index (χ4n) is 6.77. The standard InChI is InChI=1S/C37H35Cl2N3O9/c1-18-13-26(44)31(35(46)37(18)36(47)32-28(49-3)17-29(50-4)33(39)34(32)51-37)22(19-5-8-25(43)27(14-19)48-2)16-30(45)42-12-11-41-23-9-10-40-24-15-20(38)6-7-21(23)24/h5-10,14-15,17-18,22,43,46H,11-13,16H2,1-4H3,(H,40,41)(H,42,45)/t18-,22?,37+/m1/s1. The minimum Gasteiger partial charge on any atom is -0.507 e. The Bertz CT molecular complexity index is 2100. The maximum atomic E-state index is 14.3. The monoisotopic (exact) mass is 735 g/mol. The van der Waals surface area contributed by atoms with Crippen molar-refractivity contribution in [2.24, 2.45) is 5.92 Å². The van der Waals surface area contributed by atoms with E-state index in [1.165, 1.54) is 45.6 Å². The molecule has 0 radical (unpaired) electrons. The van der Waals surface area contributed by atoms with Gasteiger partial charge >= 0.3 is 0 Å². The quantitative estimate of drug-likeness (QED) is 0.126. The van der Waals surface area contributed by atoms with Gasteiger partial charge in [-0.15, -0.1) is 0 Å². The molecular weight excluding hydrogens is 701 g/mol. The number of aromatic nitrogens is 1. The highest BCUT2D eigenvalue weighted by atomic mass is 35.5. The second-order valence-corrected chi connectivity index (χ2v) is 13.1. The van der Waals surface area contributed by atoms with E-state index < -0.39 is 40.7 Å². The number of nitrogens with zero attached hydrogens (tertiary/aromatic N) is 1. The van der Waals surface area contributed by atoms with Crippen molar-refractivity contribution in [1.82, 2.24) is 10.3 Å². The summed E-state index contributed by atoms with van der Waals surface area (Å²) in [5.74, 6) is -3.97. The molecule has 1 spiro atoms. The maximum Gasteiger partial charge on any atom is 0.231 e. The number of aliphatic hydroxyl groups is 1. The number of carbonyl (C=O) groups excluding carboxylic acids is 3. The Morgan fingerprint density at radius 3 is 2.47 bits per heavy atom. The second-order valence-electron chi connectivity index (χ2n) is 12.2. The average Bonchev–Trinajstić information content (AvgIpc) is 3.43. The van der Waals surface area contributed by atoms with Crippen molar-refractivity contribution in [3.8, 4) is 28.7 Å². The number of hydrogen-bond donors (Lipinski definition) is 4. The van der Waals surface area contributed by atoms with Crippen molar-refractivity contribution in [2.45, 2.75) is 31.3 Å². The van der Waals surface area contributed by atoms with Crippen LogP contribution < -0.4 is 29.6 Å². The van der Waals surface area contributed by atoms with Gasteiger partial charge in [0, 0.05) is 71.7 Å². The van der Waals surface area contributed by atoms with Crippen LogP contribution in [0, 0.1) is 5.92 Å². The molecule has 2 heterocycles. The number of ketones is 2. The molecule has 1 aliphatic carbocycles. The summed E-state index contributed by atoms with van der Waals surface area (Å²) in [5, 5.41) is 30.0. The summed E-state index contributed by atoms with van der Waals surface area (Å²) in [6.45, 7) is 2.18. The van der Waals surface area contributed by atoms with Crippen molar-refractivity contribution < 1.29 is 43.5 Å². The summed E-state index contributed by atoms with van der Waals surface area (Å²) in [6.07, 6.45) is 1.15. The molecule has 4 N–H and O–H groups in total. The number of amides is 1. The molecule has 2 aliphatic rings. The molecule has 266 valence electrons. The average molecular weight is 737 g/mol. The van der Waals surface area contributed by atoms with Crippen molar-refractivity contribution in [1.29, 1.82) is 0 Å². The molecule has 3 aromatic carbocycles. The van der Waals surface area contributed by atoms with Crippen LogP contribution in [0.25, 0.3) is 10.9 Å². The van der Waals surface area contributed by atoms with E-state index in [9.17, 15) is 24.6 Å². The van der Waals surface area contributed by atoms with Gasteiger partial charge in [-0.1, -0.05) is 36.2 Å². The first-order chi connectivity index (χ1) is 24.4. The smallest absolute Gasteiger partial charge is 0.231 e. The van der Waals surface area contributed by atoms with E-state index >= 15 is 0 Å². The van der Waals surface area contributed by atoms with Gasteiger partial charge in [-0.25, -0.2) is 0 Å². The van der Waals surface area contributed by atoms with E-state index in [1.54, 1.807) is 25.3 Å². The second kappa shape index (κ2) is 14.2. The number of Topliss-reactive ketones (excluding diaryl/α,β-unsaturated/α-hetero) is 2. The van der Waals surface area contributed by atoms with Crippen LogP contribution in [-0.4, -0.2) is 72.7 Å². The minimum absolute atomic E-state index is 0.00596. The Morgan fingerprint density at radius 1 is 1.00 bits per heavy atom. The van der Waals surface area contributed by atoms with Gasteiger partial charge in [0.15, 0.2) is 28.8 Å². The first kappa shape index (κ1) is 35.6. The number of phenols is 1. The molecule has 0 fully saturated rings. The van der Waals surface area contributed by atoms with Crippen molar-refractivity contribution in [3.05, 3.63) is 87.2 Å². The minimum atomic E-state index is -2.05. The van der Waals surface area contributed by atoms with Crippen LogP contribution in [0.1, 0.15) is 41.6 Å². The number of rotatable bonds is 11. The molecule has 3 atom stereocenters. The number of hydrogen-bond acceptors (Lipinski definition) is 11. The van der Waals surface area contributed by atoms with Gasteiger partial charge < -0.3 is 39.8 Å². The number of allylic oxidation sites excluding steroid dienone is 1. The predicted octanol–water partition coefficient (Wildman–Crippen LogP) is 6.41. The van der Waals surface area contributed by atoms with E-state index in [-0.39, 0.29) is 64.3 Å². The fourth-order valence-corrected chi connectivity index (χ4v) is 7.20. The van der Waals surface area contributed by atoms with Gasteiger partial charge in [0.2, 0.25) is 17.3 Å². The number of ether oxygens (including phenoxy) is 4. The molecule has 1 aromatic heterocycles. The highest BCUT2D eigenvalue weighted by Gasteiger charge is 2.61. The van der Waals surface area contributed by atoms with Gasteiger partial charge in [-0.05, 0) is 42.0 Å². The lowest BCUT2D eigenvalue weighted by Gasteiger charge is -2.38. The Hall–Kier alpha value is -5.20. The number of aromatic hydroxyl groups is 1. The topological polar surface area (TPSA) is 166 Å². The van der Waals surface area contributed by atoms with E-state index in [1.807, 2.05) is 12.1 Å². The van der Waals surface area contributed by atoms with Crippen molar-refractivity contribution in [3.63, 3.8) is 0 Å². The molecule has 51 heavy (non-hydrogen) atoms. The van der Waals surface area contributed by atoms with Crippen LogP contribution in [0.3, 0.4) is 0 Å². The molecule has 1 amide bonds. The lowest BCUT2D eigenvalue weighted by Crippen LogP contribution is -2.53. The van der Waals surface area contributed by atoms with E-state index in [0.29, 0.717) is 22.6 Å². The summed E-state index contributed by atoms with van der Waals surface area (Å²) in [5.41, 5.74) is -0.341. The van der Waals surface area contributed by atoms with Crippen molar-refractivity contribution >= 4 is 57.3 Å². The normalized spacial score (nSPS) is 18.7. The van der Waals surface area contributed by atoms with Crippen LogP contribution >= 0.6 is 23.2 Å². The number of nitrogens with one attached hydrogen (secondary N) is 2. The highest BCUT2D eigenvalue weighted by molar-refractivity contribution is 6.35. The predicted molar refractivity (Wildman–Crippen MR) is 191 cm³/mol. The number of methoxy groups -OCH3 is 3. The summed E-state index contributed by atoms with van der Waals surface area (Å²) in [4.78, 5) is 46.2. The summed E-state index contributed by atoms with van der Waals surface area (Å²) < 4.78 is 22.4. The first-order valence-corrected chi connectivity index (χ1v) is 16.8. The number of anilines is 1. The van der Waals surface area contributed by atoms with Gasteiger partial charge in [0.1, 0.15) is 22.1 Å². The van der Waals surface area contributed by atoms with Crippen LogP contribution in [0.4, 0.5) is 5.69 Å². The number of pyridine rings is 1. The molecule has 1 aliphatic heterocycles. The lowest BCUT2D eigenvalue weighted by atomic mass is 9.69. The third-order valence-corrected chi connectivity index (χ3v) is 9.92. The molecule has 12 nitrogen and oxygen atoms in total. The first-order valence-electron chi connectivity index (χ1n) is 16.0. The zero-order valence-corrected chi connectivity index (χ0v) is 29.6. The summed E-state index contributed by atoms with van der Waals surface area (Å²) >= 11 is 12.7. The third kappa shape index (κ3) is 6.23.